The SMILES string of the molecule is COc1ccc(-c2cc(C(F)(F)F)ccc2F)cc1C(=O)N[C@@H]1C2CCC(/C2=C/C2CC2)[C@@H]1C(=O)Nc1ccc(F)c(C(F)(F)F)c1. The van der Waals surface area contributed by atoms with E-state index in [-0.39, 0.29) is 40.0 Å². The van der Waals surface area contributed by atoms with E-state index >= 15 is 0 Å². The van der Waals surface area contributed by atoms with E-state index in [1.165, 1.54) is 25.3 Å². The van der Waals surface area contributed by atoms with E-state index in [2.05, 4.69) is 16.7 Å². The van der Waals surface area contributed by atoms with Crippen molar-refractivity contribution in [2.75, 3.05) is 12.4 Å². The van der Waals surface area contributed by atoms with E-state index in [1.54, 1.807) is 0 Å². The van der Waals surface area contributed by atoms with Gasteiger partial charge in [0.25, 0.3) is 5.91 Å². The number of allylic oxidation sites excluding steroid dienone is 1. The Labute approximate surface area is 264 Å². The van der Waals surface area contributed by atoms with Crippen molar-refractivity contribution in [3.8, 4) is 16.9 Å². The Morgan fingerprint density at radius 3 is 2.19 bits per heavy atom. The smallest absolute Gasteiger partial charge is 0.419 e. The fourth-order valence-electron chi connectivity index (χ4n) is 6.81. The molecule has 0 aliphatic heterocycles. The molecule has 5 nitrogen and oxygen atoms in total. The van der Waals surface area contributed by atoms with E-state index < -0.39 is 58.9 Å². The van der Waals surface area contributed by atoms with Gasteiger partial charge < -0.3 is 15.4 Å². The molecule has 2 N–H and O–H groups in total. The normalized spacial score (nSPS) is 23.2. The van der Waals surface area contributed by atoms with Gasteiger partial charge in [0.15, 0.2) is 0 Å². The number of anilines is 1. The number of halogens is 8. The minimum Gasteiger partial charge on any atom is -0.496 e. The van der Waals surface area contributed by atoms with Gasteiger partial charge in [0.2, 0.25) is 5.91 Å². The van der Waals surface area contributed by atoms with Gasteiger partial charge in [-0.2, -0.15) is 26.3 Å². The van der Waals surface area contributed by atoms with Crippen LogP contribution in [0.4, 0.5) is 40.8 Å². The summed E-state index contributed by atoms with van der Waals surface area (Å²) in [6, 6.07) is 7.13. The summed E-state index contributed by atoms with van der Waals surface area (Å²) in [4.78, 5) is 27.5. The highest BCUT2D eigenvalue weighted by atomic mass is 19.4. The number of benzene rings is 3. The highest BCUT2D eigenvalue weighted by Gasteiger charge is 2.55. The van der Waals surface area contributed by atoms with Gasteiger partial charge in [-0.3, -0.25) is 9.59 Å². The molecule has 3 aliphatic rings. The summed E-state index contributed by atoms with van der Waals surface area (Å²) in [6.45, 7) is 0. The molecule has 3 aliphatic carbocycles. The zero-order chi connectivity index (χ0) is 33.8. The molecule has 0 aromatic heterocycles. The van der Waals surface area contributed by atoms with Gasteiger partial charge >= 0.3 is 12.4 Å². The van der Waals surface area contributed by atoms with Crippen LogP contribution in [0.3, 0.4) is 0 Å². The Bertz CT molecular complexity index is 1760. The van der Waals surface area contributed by atoms with Crippen LogP contribution < -0.4 is 15.4 Å². The van der Waals surface area contributed by atoms with Crippen LogP contribution in [0.2, 0.25) is 0 Å². The fraction of sp³-hybridized carbons (Fsp3) is 0.353. The number of hydrogen-bond donors (Lipinski definition) is 2. The van der Waals surface area contributed by atoms with Gasteiger partial charge in [0.05, 0.1) is 29.7 Å². The minimum atomic E-state index is -4.99. The molecule has 3 fully saturated rings. The van der Waals surface area contributed by atoms with E-state index in [4.69, 9.17) is 4.74 Å². The first-order valence-corrected chi connectivity index (χ1v) is 14.9. The molecule has 2 unspecified atom stereocenters. The summed E-state index contributed by atoms with van der Waals surface area (Å²) in [5.41, 5.74) is -2.42. The second kappa shape index (κ2) is 12.0. The molecular weight excluding hydrogens is 636 g/mol. The third-order valence-electron chi connectivity index (χ3n) is 9.14. The van der Waals surface area contributed by atoms with Crippen molar-refractivity contribution < 1.29 is 49.4 Å². The Morgan fingerprint density at radius 2 is 1.53 bits per heavy atom. The van der Waals surface area contributed by atoms with Crippen LogP contribution in [0, 0.1) is 35.3 Å². The van der Waals surface area contributed by atoms with Crippen LogP contribution in [0.1, 0.15) is 47.2 Å². The molecule has 3 saturated carbocycles. The van der Waals surface area contributed by atoms with Crippen molar-refractivity contribution in [3.63, 3.8) is 0 Å². The van der Waals surface area contributed by atoms with Gasteiger partial charge in [-0.25, -0.2) is 8.78 Å². The van der Waals surface area contributed by atoms with E-state index in [1.807, 2.05) is 0 Å². The average Bonchev–Trinajstić information content (AvgIpc) is 3.69. The first-order chi connectivity index (χ1) is 22.2. The van der Waals surface area contributed by atoms with Gasteiger partial charge in [0.1, 0.15) is 17.4 Å². The summed E-state index contributed by atoms with van der Waals surface area (Å²) in [5.74, 6) is -4.90. The standard InChI is InChI=1S/C34H28F8N2O3/c1-47-28-11-4-17(22-14-18(33(37,38)39)5-9-26(22)35)13-24(28)31(45)44-30-21-8-7-20(23(21)12-16-2-3-16)29(30)32(46)43-19-6-10-27(36)25(15-19)34(40,41)42/h4-6,9-16,20-21,29-30H,2-3,7-8H2,1H3,(H,43,46)(H,44,45)/b23-12-/t20?,21?,29-,30+/m0/s1. The number of ether oxygens (including phenoxy) is 1. The molecule has 47 heavy (non-hydrogen) atoms. The van der Waals surface area contributed by atoms with E-state index in [0.29, 0.717) is 49.1 Å². The molecular formula is C34H28F8N2O3. The molecule has 0 saturated heterocycles. The number of rotatable bonds is 7. The number of carbonyl (C=O) groups excluding carboxylic acids is 2. The summed E-state index contributed by atoms with van der Waals surface area (Å²) in [6.07, 6.45) is -4.42. The monoisotopic (exact) mass is 664 g/mol. The Morgan fingerprint density at radius 1 is 0.830 bits per heavy atom. The van der Waals surface area contributed by atoms with Gasteiger partial charge in [-0.15, -0.1) is 0 Å². The van der Waals surface area contributed by atoms with E-state index in [9.17, 15) is 44.7 Å². The minimum absolute atomic E-state index is 0.0205. The molecule has 2 amide bonds. The number of amides is 2. The highest BCUT2D eigenvalue weighted by molar-refractivity contribution is 6.00. The van der Waals surface area contributed by atoms with E-state index in [0.717, 1.165) is 24.5 Å². The van der Waals surface area contributed by atoms with Crippen molar-refractivity contribution >= 4 is 17.5 Å². The van der Waals surface area contributed by atoms with Crippen molar-refractivity contribution in [1.29, 1.82) is 0 Å². The molecule has 0 heterocycles. The number of alkyl halides is 6. The van der Waals surface area contributed by atoms with Gasteiger partial charge in [0, 0.05) is 23.2 Å². The summed E-state index contributed by atoms with van der Waals surface area (Å²) in [5, 5.41) is 5.36. The van der Waals surface area contributed by atoms with Crippen LogP contribution in [0.25, 0.3) is 11.1 Å². The number of nitrogens with one attached hydrogen (secondary N) is 2. The van der Waals surface area contributed by atoms with Crippen molar-refractivity contribution in [2.24, 2.45) is 23.7 Å². The first-order valence-electron chi connectivity index (χ1n) is 14.9. The predicted octanol–water partition coefficient (Wildman–Crippen LogP) is 8.41. The third kappa shape index (κ3) is 6.44. The molecule has 3 aromatic rings. The molecule has 2 bridgehead atoms. The quantitative estimate of drug-likeness (QED) is 0.197. The molecule has 4 atom stereocenters. The fourth-order valence-corrected chi connectivity index (χ4v) is 6.81. The maximum absolute atomic E-state index is 14.7. The number of methoxy groups -OCH3 is 1. The molecule has 0 spiro atoms. The zero-order valence-electron chi connectivity index (χ0n) is 24.7. The zero-order valence-corrected chi connectivity index (χ0v) is 24.7. The molecule has 13 heteroatoms. The van der Waals surface area contributed by atoms with Crippen molar-refractivity contribution in [2.45, 2.75) is 44.1 Å². The Hall–Kier alpha value is -4.42. The van der Waals surface area contributed by atoms with Gasteiger partial charge in [-0.1, -0.05) is 17.7 Å². The Balaban J connectivity index is 1.32. The number of fused-ring (bicyclic) bond motifs is 2. The topological polar surface area (TPSA) is 67.4 Å². The average molecular weight is 665 g/mol. The second-order valence-electron chi connectivity index (χ2n) is 12.1. The lowest BCUT2D eigenvalue weighted by Gasteiger charge is -2.30. The molecule has 6 rings (SSSR count). The summed E-state index contributed by atoms with van der Waals surface area (Å²) >= 11 is 0. The van der Waals surface area contributed by atoms with Gasteiger partial charge in [-0.05, 0) is 91.6 Å². The largest absolute Gasteiger partial charge is 0.496 e. The molecule has 0 radical (unpaired) electrons. The van der Waals surface area contributed by atoms with Crippen LogP contribution >= 0.6 is 0 Å². The van der Waals surface area contributed by atoms with Crippen molar-refractivity contribution in [1.82, 2.24) is 5.32 Å². The number of hydrogen-bond acceptors (Lipinski definition) is 3. The third-order valence-corrected chi connectivity index (χ3v) is 9.14. The maximum atomic E-state index is 14.7. The lowest BCUT2D eigenvalue weighted by atomic mass is 9.83. The van der Waals surface area contributed by atoms with Crippen LogP contribution in [-0.4, -0.2) is 25.0 Å². The lowest BCUT2D eigenvalue weighted by Crippen LogP contribution is -2.48. The lowest BCUT2D eigenvalue weighted by molar-refractivity contribution is -0.140. The van der Waals surface area contributed by atoms with Crippen molar-refractivity contribution in [3.05, 3.63) is 94.6 Å². The second-order valence-corrected chi connectivity index (χ2v) is 12.1. The number of carbonyl (C=O) groups is 2. The first kappa shape index (κ1) is 32.5. The molecule has 3 aromatic carbocycles. The summed E-state index contributed by atoms with van der Waals surface area (Å²) < 4.78 is 114. The predicted molar refractivity (Wildman–Crippen MR) is 155 cm³/mol. The van der Waals surface area contributed by atoms with Crippen LogP contribution in [-0.2, 0) is 17.1 Å². The highest BCUT2D eigenvalue weighted by Crippen LogP contribution is 2.54. The molecule has 248 valence electrons. The maximum Gasteiger partial charge on any atom is 0.419 e. The van der Waals surface area contributed by atoms with Crippen LogP contribution in [0.5, 0.6) is 5.75 Å². The summed E-state index contributed by atoms with van der Waals surface area (Å²) in [7, 11) is 1.28. The van der Waals surface area contributed by atoms with Crippen LogP contribution in [0.15, 0.2) is 66.2 Å². The Kier molecular flexibility index (Phi) is 8.29.